The molecule has 0 amide bonds. The van der Waals surface area contributed by atoms with Crippen LogP contribution in [0.4, 0.5) is 0 Å². The summed E-state index contributed by atoms with van der Waals surface area (Å²) in [6.07, 6.45) is -33.5. The Bertz CT molecular complexity index is 1090. The van der Waals surface area contributed by atoms with Crippen molar-refractivity contribution in [1.29, 1.82) is 0 Å². The van der Waals surface area contributed by atoms with Crippen LogP contribution < -0.4 is 5.73 Å². The zero-order valence-corrected chi connectivity index (χ0v) is 28.0. The monoisotopic (exact) mass is 763 g/mol. The summed E-state index contributed by atoms with van der Waals surface area (Å²) in [5.74, 6) is 0. The van der Waals surface area contributed by atoms with Crippen LogP contribution in [0.15, 0.2) is 0 Å². The third kappa shape index (κ3) is 8.89. The van der Waals surface area contributed by atoms with Gasteiger partial charge in [0, 0.05) is 6.04 Å². The summed E-state index contributed by atoms with van der Waals surface area (Å²) in [4.78, 5) is 0. The van der Waals surface area contributed by atoms with Crippen LogP contribution in [0.25, 0.3) is 0 Å². The van der Waals surface area contributed by atoms with Gasteiger partial charge in [0.25, 0.3) is 0 Å². The number of hydrogen-bond acceptors (Lipinski definition) is 22. The molecule has 22 nitrogen and oxygen atoms in total. The molecule has 0 aromatic carbocycles. The van der Waals surface area contributed by atoms with E-state index in [0.29, 0.717) is 25.7 Å². The van der Waals surface area contributed by atoms with Crippen molar-refractivity contribution in [2.75, 3.05) is 26.4 Å². The van der Waals surface area contributed by atoms with Crippen LogP contribution in [-0.4, -0.2) is 228 Å². The quantitative estimate of drug-likeness (QED) is 0.0877. The molecule has 20 atom stereocenters. The highest BCUT2D eigenvalue weighted by Crippen LogP contribution is 2.36. The molecule has 0 aromatic rings. The van der Waals surface area contributed by atoms with E-state index in [1.165, 1.54) is 0 Å². The first-order valence-corrected chi connectivity index (χ1v) is 17.3. The number of aliphatic hydroxyl groups is 13. The Morgan fingerprint density at radius 3 is 1.21 bits per heavy atom. The van der Waals surface area contributed by atoms with E-state index in [0.717, 1.165) is 0 Å². The lowest BCUT2D eigenvalue weighted by atomic mass is 9.93. The van der Waals surface area contributed by atoms with Crippen molar-refractivity contribution in [3.63, 3.8) is 0 Å². The molecule has 5 rings (SSSR count). The van der Waals surface area contributed by atoms with Gasteiger partial charge in [0.2, 0.25) is 0 Å². The van der Waals surface area contributed by atoms with Crippen LogP contribution in [0.1, 0.15) is 25.7 Å². The van der Waals surface area contributed by atoms with Gasteiger partial charge in [-0.25, -0.2) is 0 Å². The molecule has 304 valence electrons. The average Bonchev–Trinajstić information content (AvgIpc) is 3.14. The van der Waals surface area contributed by atoms with E-state index in [1.807, 2.05) is 0 Å². The van der Waals surface area contributed by atoms with Crippen LogP contribution >= 0.6 is 0 Å². The maximum absolute atomic E-state index is 11.3. The van der Waals surface area contributed by atoms with E-state index in [9.17, 15) is 66.4 Å². The van der Waals surface area contributed by atoms with Crippen molar-refractivity contribution < 1.29 is 104 Å². The second-order valence-corrected chi connectivity index (χ2v) is 13.8. The maximum atomic E-state index is 11.3. The Kier molecular flexibility index (Phi) is 14.9. The molecule has 0 bridgehead atoms. The molecule has 4 heterocycles. The molecule has 52 heavy (non-hydrogen) atoms. The van der Waals surface area contributed by atoms with Crippen molar-refractivity contribution >= 4 is 0 Å². The van der Waals surface area contributed by atoms with Gasteiger partial charge in [0.05, 0.1) is 32.5 Å². The summed E-state index contributed by atoms with van der Waals surface area (Å²) < 4.78 is 45.8. The molecule has 15 N–H and O–H groups in total. The summed E-state index contributed by atoms with van der Waals surface area (Å²) >= 11 is 0. The van der Waals surface area contributed by atoms with Crippen molar-refractivity contribution in [1.82, 2.24) is 0 Å². The lowest BCUT2D eigenvalue weighted by Crippen LogP contribution is -2.68. The van der Waals surface area contributed by atoms with Crippen LogP contribution in [0.2, 0.25) is 0 Å². The lowest BCUT2D eigenvalue weighted by Gasteiger charge is -2.50. The molecule has 22 heteroatoms. The molecule has 0 aromatic heterocycles. The summed E-state index contributed by atoms with van der Waals surface area (Å²) in [6, 6.07) is -0.0193. The van der Waals surface area contributed by atoms with E-state index < -0.39 is 155 Å². The smallest absolute Gasteiger partial charge is 0.187 e. The van der Waals surface area contributed by atoms with E-state index in [4.69, 9.17) is 43.6 Å². The minimum absolute atomic E-state index is 0.0193. The average molecular weight is 764 g/mol. The SMILES string of the molecule is NC1CCC(O[C@@H]2OC(CO)[C@@H](O)C(O[C@H]3O[C@@H](CO)[C@@H](O)C(O)C3O[C@H]3O[C@@H](CO)[C@@H](O)C(O)C3O[C@H]3O[C@@H](CO)[C@@H](O)C(O)C3O)[C@H]2O)CC1. The van der Waals surface area contributed by atoms with E-state index >= 15 is 0 Å². The zero-order chi connectivity index (χ0) is 38.0. The highest BCUT2D eigenvalue weighted by Gasteiger charge is 2.56. The van der Waals surface area contributed by atoms with Crippen LogP contribution in [0.5, 0.6) is 0 Å². The minimum atomic E-state index is -2.01. The number of aliphatic hydroxyl groups excluding tert-OH is 13. The third-order valence-corrected chi connectivity index (χ3v) is 10.2. The Labute approximate surface area is 297 Å². The molecular weight excluding hydrogens is 710 g/mol. The van der Waals surface area contributed by atoms with Crippen molar-refractivity contribution in [2.45, 2.75) is 161 Å². The Morgan fingerprint density at radius 2 is 0.750 bits per heavy atom. The fourth-order valence-electron chi connectivity index (χ4n) is 7.01. The Balaban J connectivity index is 1.40. The molecule has 4 saturated heterocycles. The first kappa shape index (κ1) is 42.3. The maximum Gasteiger partial charge on any atom is 0.187 e. The van der Waals surface area contributed by atoms with Gasteiger partial charge in [0.1, 0.15) is 97.7 Å². The van der Waals surface area contributed by atoms with Crippen molar-refractivity contribution in [3.05, 3.63) is 0 Å². The Hall–Kier alpha value is -0.880. The third-order valence-electron chi connectivity index (χ3n) is 10.2. The summed E-state index contributed by atoms with van der Waals surface area (Å²) in [6.45, 7) is -3.33. The summed E-state index contributed by atoms with van der Waals surface area (Å²) in [5.41, 5.74) is 5.98. The highest BCUT2D eigenvalue weighted by molar-refractivity contribution is 4.98. The summed E-state index contributed by atoms with van der Waals surface area (Å²) in [7, 11) is 0. The number of nitrogens with two attached hydrogens (primary N) is 1. The van der Waals surface area contributed by atoms with Gasteiger partial charge in [-0.15, -0.1) is 0 Å². The second kappa shape index (κ2) is 18.4. The zero-order valence-electron chi connectivity index (χ0n) is 28.0. The predicted octanol–water partition coefficient (Wildman–Crippen LogP) is -8.45. The van der Waals surface area contributed by atoms with E-state index in [-0.39, 0.29) is 6.04 Å². The van der Waals surface area contributed by atoms with Gasteiger partial charge in [-0.1, -0.05) is 0 Å². The number of rotatable bonds is 12. The van der Waals surface area contributed by atoms with Crippen LogP contribution in [0.3, 0.4) is 0 Å². The Morgan fingerprint density at radius 1 is 0.385 bits per heavy atom. The van der Waals surface area contributed by atoms with E-state index in [1.54, 1.807) is 0 Å². The van der Waals surface area contributed by atoms with Gasteiger partial charge >= 0.3 is 0 Å². The fourth-order valence-corrected chi connectivity index (χ4v) is 7.01. The van der Waals surface area contributed by atoms with Crippen molar-refractivity contribution in [2.24, 2.45) is 5.73 Å². The number of hydrogen-bond donors (Lipinski definition) is 14. The number of ether oxygens (including phenoxy) is 8. The molecule has 5 aliphatic rings. The lowest BCUT2D eigenvalue weighted by molar-refractivity contribution is -0.404. The largest absolute Gasteiger partial charge is 0.394 e. The van der Waals surface area contributed by atoms with E-state index in [2.05, 4.69) is 0 Å². The standard InChI is InChI=1S/C30H53NO21/c31-9-1-3-10(4-2-9)45-28-23(44)24(18(39)14(8-35)47-28)50-29-26(21(42)17(38)12(6-33)48-29)52-30-25(20(41)16(37)13(7-34)49-30)51-27-22(43)19(40)15(36)11(5-32)46-27/h9-30,32-44H,1-8,31H2/t9?,10?,11-,12-,13-,14?,15+,16+,17+,18+,19?,20?,21?,22?,23+,24?,25?,26?,27+,28+,29+,30+/m0/s1. The van der Waals surface area contributed by atoms with Crippen LogP contribution in [-0.2, 0) is 37.9 Å². The molecule has 8 unspecified atom stereocenters. The first-order chi connectivity index (χ1) is 24.7. The molecule has 0 radical (unpaired) electrons. The second-order valence-electron chi connectivity index (χ2n) is 13.8. The van der Waals surface area contributed by atoms with Crippen molar-refractivity contribution in [3.8, 4) is 0 Å². The molecule has 4 aliphatic heterocycles. The van der Waals surface area contributed by atoms with Gasteiger partial charge in [-0.3, -0.25) is 0 Å². The molecule has 1 saturated carbocycles. The normalized spacial score (nSPS) is 52.0. The minimum Gasteiger partial charge on any atom is -0.394 e. The molecule has 0 spiro atoms. The first-order valence-electron chi connectivity index (χ1n) is 17.3. The highest BCUT2D eigenvalue weighted by atomic mass is 16.8. The van der Waals surface area contributed by atoms with Gasteiger partial charge in [-0.2, -0.15) is 0 Å². The van der Waals surface area contributed by atoms with Crippen LogP contribution in [0, 0.1) is 0 Å². The predicted molar refractivity (Wildman–Crippen MR) is 163 cm³/mol. The molecule has 5 fully saturated rings. The molecule has 1 aliphatic carbocycles. The topological polar surface area (TPSA) is 363 Å². The van der Waals surface area contributed by atoms with Gasteiger partial charge < -0.3 is 110 Å². The van der Waals surface area contributed by atoms with Gasteiger partial charge in [-0.05, 0) is 25.7 Å². The summed E-state index contributed by atoms with van der Waals surface area (Å²) in [5, 5.41) is 136. The molecular formula is C30H53NO21. The fraction of sp³-hybridized carbons (Fsp3) is 1.00. The van der Waals surface area contributed by atoms with Gasteiger partial charge in [0.15, 0.2) is 25.2 Å².